The Hall–Kier alpha value is -2.40. The third kappa shape index (κ3) is 6.07. The number of carbonyl (C=O) groups excluding carboxylic acids is 1. The Balaban J connectivity index is 2.05. The lowest BCUT2D eigenvalue weighted by Gasteiger charge is -2.15. The molecule has 1 amide bonds. The van der Waals surface area contributed by atoms with Crippen LogP contribution < -0.4 is 20.1 Å². The van der Waals surface area contributed by atoms with Crippen molar-refractivity contribution in [2.45, 2.75) is 34.2 Å². The lowest BCUT2D eigenvalue weighted by Crippen LogP contribution is -2.17. The molecule has 0 saturated carbocycles. The number of anilines is 2. The standard InChI is InChI=1S/C21H27ClN2O3/c1-5-26-19-11-15(18(22)12-20(19)27-6-2)13-23-16-7-9-17(10-8-16)24-21(25)14(3)4/h7-12,14,23H,5-6,13H2,1-4H3,(H,24,25). The minimum Gasteiger partial charge on any atom is -0.490 e. The molecule has 6 heteroatoms. The summed E-state index contributed by atoms with van der Waals surface area (Å²) in [5.41, 5.74) is 2.62. The SMILES string of the molecule is CCOc1cc(Cl)c(CNc2ccc(NC(=O)C(C)C)cc2)cc1OCC. The largest absolute Gasteiger partial charge is 0.490 e. The first-order chi connectivity index (χ1) is 12.9. The second kappa shape index (κ2) is 10.1. The highest BCUT2D eigenvalue weighted by Gasteiger charge is 2.11. The van der Waals surface area contributed by atoms with E-state index in [1.807, 2.05) is 58.0 Å². The Morgan fingerprint density at radius 2 is 1.56 bits per heavy atom. The monoisotopic (exact) mass is 390 g/mol. The molecule has 0 radical (unpaired) electrons. The van der Waals surface area contributed by atoms with Crippen molar-refractivity contribution in [2.24, 2.45) is 5.92 Å². The van der Waals surface area contributed by atoms with Crippen LogP contribution in [0.5, 0.6) is 11.5 Å². The Bertz CT molecular complexity index is 761. The third-order valence-electron chi connectivity index (χ3n) is 3.87. The molecule has 2 N–H and O–H groups in total. The molecule has 0 saturated heterocycles. The quantitative estimate of drug-likeness (QED) is 0.606. The van der Waals surface area contributed by atoms with Gasteiger partial charge in [0.25, 0.3) is 0 Å². The topological polar surface area (TPSA) is 59.6 Å². The van der Waals surface area contributed by atoms with Gasteiger partial charge in [-0.2, -0.15) is 0 Å². The van der Waals surface area contributed by atoms with Crippen molar-refractivity contribution in [1.82, 2.24) is 0 Å². The molecule has 27 heavy (non-hydrogen) atoms. The van der Waals surface area contributed by atoms with Gasteiger partial charge >= 0.3 is 0 Å². The van der Waals surface area contributed by atoms with Crippen LogP contribution >= 0.6 is 11.6 Å². The fourth-order valence-electron chi connectivity index (χ4n) is 2.40. The van der Waals surface area contributed by atoms with Crippen molar-refractivity contribution in [2.75, 3.05) is 23.8 Å². The maximum Gasteiger partial charge on any atom is 0.226 e. The Labute approximate surface area is 166 Å². The van der Waals surface area contributed by atoms with Crippen LogP contribution in [0.3, 0.4) is 0 Å². The summed E-state index contributed by atoms with van der Waals surface area (Å²) >= 11 is 6.39. The molecular formula is C21H27ClN2O3. The molecule has 2 aromatic rings. The maximum atomic E-state index is 11.7. The fourth-order valence-corrected chi connectivity index (χ4v) is 2.63. The fraction of sp³-hybridized carbons (Fsp3) is 0.381. The summed E-state index contributed by atoms with van der Waals surface area (Å²) in [5, 5.41) is 6.83. The number of benzene rings is 2. The summed E-state index contributed by atoms with van der Waals surface area (Å²) in [5.74, 6) is 1.29. The second-order valence-corrected chi connectivity index (χ2v) is 6.74. The van der Waals surface area contributed by atoms with E-state index in [-0.39, 0.29) is 11.8 Å². The van der Waals surface area contributed by atoms with Gasteiger partial charge in [-0.15, -0.1) is 0 Å². The first-order valence-corrected chi connectivity index (χ1v) is 9.55. The van der Waals surface area contributed by atoms with Crippen molar-refractivity contribution in [3.05, 3.63) is 47.0 Å². The van der Waals surface area contributed by atoms with Crippen LogP contribution in [0.2, 0.25) is 5.02 Å². The average Bonchev–Trinajstić information content (AvgIpc) is 2.64. The number of carbonyl (C=O) groups is 1. The number of nitrogens with one attached hydrogen (secondary N) is 2. The van der Waals surface area contributed by atoms with Crippen LogP contribution in [0.15, 0.2) is 36.4 Å². The van der Waals surface area contributed by atoms with E-state index >= 15 is 0 Å². The summed E-state index contributed by atoms with van der Waals surface area (Å²) in [6.45, 7) is 9.23. The van der Waals surface area contributed by atoms with Crippen molar-refractivity contribution in [3.8, 4) is 11.5 Å². The van der Waals surface area contributed by atoms with Gasteiger partial charge in [0, 0.05) is 34.9 Å². The summed E-state index contributed by atoms with van der Waals surface area (Å²) in [7, 11) is 0. The van der Waals surface area contributed by atoms with E-state index in [1.54, 1.807) is 6.07 Å². The lowest BCUT2D eigenvalue weighted by molar-refractivity contribution is -0.118. The predicted octanol–water partition coefficient (Wildman–Crippen LogP) is 5.34. The molecule has 0 bridgehead atoms. The minimum absolute atomic E-state index is 0.000308. The van der Waals surface area contributed by atoms with Gasteiger partial charge in [0.05, 0.1) is 13.2 Å². The molecule has 0 aliphatic rings. The number of hydrogen-bond acceptors (Lipinski definition) is 4. The van der Waals surface area contributed by atoms with E-state index in [1.165, 1.54) is 0 Å². The second-order valence-electron chi connectivity index (χ2n) is 6.33. The van der Waals surface area contributed by atoms with Gasteiger partial charge in [0.1, 0.15) is 0 Å². The maximum absolute atomic E-state index is 11.7. The van der Waals surface area contributed by atoms with Gasteiger partial charge in [-0.3, -0.25) is 4.79 Å². The van der Waals surface area contributed by atoms with Crippen molar-refractivity contribution >= 4 is 28.9 Å². The molecule has 0 aliphatic heterocycles. The molecular weight excluding hydrogens is 364 g/mol. The van der Waals surface area contributed by atoms with Crippen molar-refractivity contribution < 1.29 is 14.3 Å². The van der Waals surface area contributed by atoms with E-state index < -0.39 is 0 Å². The Morgan fingerprint density at radius 3 is 2.11 bits per heavy atom. The van der Waals surface area contributed by atoms with Crippen LogP contribution in [0.25, 0.3) is 0 Å². The number of rotatable bonds is 9. The molecule has 0 aliphatic carbocycles. The molecule has 0 unspecified atom stereocenters. The number of ether oxygens (including phenoxy) is 2. The number of hydrogen-bond donors (Lipinski definition) is 2. The van der Waals surface area contributed by atoms with Gasteiger partial charge < -0.3 is 20.1 Å². The van der Waals surface area contributed by atoms with Gasteiger partial charge in [-0.05, 0) is 49.7 Å². The van der Waals surface area contributed by atoms with E-state index in [0.29, 0.717) is 36.3 Å². The van der Waals surface area contributed by atoms with Gasteiger partial charge in [0.2, 0.25) is 5.91 Å². The molecule has 2 aromatic carbocycles. The van der Waals surface area contributed by atoms with Gasteiger partial charge in [-0.1, -0.05) is 25.4 Å². The van der Waals surface area contributed by atoms with E-state index in [4.69, 9.17) is 21.1 Å². The molecule has 0 fully saturated rings. The van der Waals surface area contributed by atoms with E-state index in [0.717, 1.165) is 16.9 Å². The summed E-state index contributed by atoms with van der Waals surface area (Å²) in [6, 6.07) is 11.3. The van der Waals surface area contributed by atoms with Crippen LogP contribution in [0, 0.1) is 5.92 Å². The molecule has 0 aromatic heterocycles. The van der Waals surface area contributed by atoms with E-state index in [9.17, 15) is 4.79 Å². The molecule has 0 spiro atoms. The van der Waals surface area contributed by atoms with Gasteiger partial charge in [-0.25, -0.2) is 0 Å². The summed E-state index contributed by atoms with van der Waals surface area (Å²) < 4.78 is 11.2. The zero-order valence-electron chi connectivity index (χ0n) is 16.3. The van der Waals surface area contributed by atoms with E-state index in [2.05, 4.69) is 10.6 Å². The zero-order chi connectivity index (χ0) is 19.8. The minimum atomic E-state index is -0.0517. The Morgan fingerprint density at radius 1 is 1.00 bits per heavy atom. The molecule has 146 valence electrons. The normalized spacial score (nSPS) is 10.6. The first-order valence-electron chi connectivity index (χ1n) is 9.17. The van der Waals surface area contributed by atoms with Crippen LogP contribution in [-0.4, -0.2) is 19.1 Å². The highest BCUT2D eigenvalue weighted by Crippen LogP contribution is 2.34. The number of halogens is 1. The smallest absolute Gasteiger partial charge is 0.226 e. The molecule has 0 heterocycles. The molecule has 2 rings (SSSR count). The number of amides is 1. The summed E-state index contributed by atoms with van der Waals surface area (Å²) in [4.78, 5) is 11.7. The van der Waals surface area contributed by atoms with Crippen LogP contribution in [0.1, 0.15) is 33.3 Å². The van der Waals surface area contributed by atoms with Crippen LogP contribution in [-0.2, 0) is 11.3 Å². The third-order valence-corrected chi connectivity index (χ3v) is 4.22. The van der Waals surface area contributed by atoms with Crippen LogP contribution in [0.4, 0.5) is 11.4 Å². The molecule has 0 atom stereocenters. The average molecular weight is 391 g/mol. The first kappa shape index (κ1) is 20.9. The molecule has 5 nitrogen and oxygen atoms in total. The van der Waals surface area contributed by atoms with Crippen molar-refractivity contribution in [1.29, 1.82) is 0 Å². The highest BCUT2D eigenvalue weighted by molar-refractivity contribution is 6.31. The lowest BCUT2D eigenvalue weighted by atomic mass is 10.1. The highest BCUT2D eigenvalue weighted by atomic mass is 35.5. The Kier molecular flexibility index (Phi) is 7.80. The zero-order valence-corrected chi connectivity index (χ0v) is 17.0. The summed E-state index contributed by atoms with van der Waals surface area (Å²) in [6.07, 6.45) is 0. The van der Waals surface area contributed by atoms with Gasteiger partial charge in [0.15, 0.2) is 11.5 Å². The van der Waals surface area contributed by atoms with Crippen molar-refractivity contribution in [3.63, 3.8) is 0 Å². The predicted molar refractivity (Wildman–Crippen MR) is 111 cm³/mol.